The van der Waals surface area contributed by atoms with Crippen molar-refractivity contribution in [3.8, 4) is 0 Å². The number of methoxy groups -OCH3 is 1. The minimum atomic E-state index is -4.02. The number of allylic oxidation sites excluding steroid dienone is 1. The highest BCUT2D eigenvalue weighted by Gasteiger charge is 2.51. The first kappa shape index (κ1) is 27.7. The van der Waals surface area contributed by atoms with Crippen molar-refractivity contribution in [2.45, 2.75) is 44.4 Å². The summed E-state index contributed by atoms with van der Waals surface area (Å²) in [7, 11) is -2.81. The number of amides is 1. The van der Waals surface area contributed by atoms with Gasteiger partial charge in [0.2, 0.25) is 6.23 Å². The van der Waals surface area contributed by atoms with Crippen molar-refractivity contribution in [2.75, 3.05) is 7.11 Å². The van der Waals surface area contributed by atoms with E-state index in [1.807, 2.05) is 25.1 Å². The van der Waals surface area contributed by atoms with Crippen molar-refractivity contribution in [3.63, 3.8) is 0 Å². The minimum Gasteiger partial charge on any atom is -0.464 e. The lowest BCUT2D eigenvalue weighted by Crippen LogP contribution is -2.70. The Bertz CT molecular complexity index is 1200. The van der Waals surface area contributed by atoms with Gasteiger partial charge in [0.15, 0.2) is 0 Å². The van der Waals surface area contributed by atoms with Gasteiger partial charge in [0.1, 0.15) is 11.7 Å². The van der Waals surface area contributed by atoms with Crippen molar-refractivity contribution in [1.29, 1.82) is 0 Å². The maximum Gasteiger partial charge on any atom is 0.354 e. The summed E-state index contributed by atoms with van der Waals surface area (Å²) < 4.78 is 39.6. The molecule has 188 valence electrons. The molecule has 35 heavy (non-hydrogen) atoms. The minimum absolute atomic E-state index is 0.0433. The van der Waals surface area contributed by atoms with E-state index in [4.69, 9.17) is 19.8 Å². The van der Waals surface area contributed by atoms with E-state index in [2.05, 4.69) is 0 Å². The lowest BCUT2D eigenvalue weighted by Gasteiger charge is -2.44. The molecule has 1 saturated heterocycles. The number of benzene rings is 2. The molecule has 3 N–H and O–H groups in total. The molecular weight excluding hydrogens is 476 g/mol. The molecule has 10 nitrogen and oxygen atoms in total. The van der Waals surface area contributed by atoms with Gasteiger partial charge in [-0.2, -0.15) is 8.42 Å². The molecule has 2 aromatic carbocycles. The normalized spacial score (nSPS) is 16.9. The molecule has 1 heterocycles. The number of rotatable bonds is 6. The zero-order valence-electron chi connectivity index (χ0n) is 19.8. The van der Waals surface area contributed by atoms with Crippen molar-refractivity contribution < 1.29 is 36.8 Å². The van der Waals surface area contributed by atoms with Gasteiger partial charge in [0.25, 0.3) is 16.0 Å². The van der Waals surface area contributed by atoms with Gasteiger partial charge in [-0.15, -0.1) is 0 Å². The summed E-state index contributed by atoms with van der Waals surface area (Å²) in [6.07, 6.45) is -0.966. The van der Waals surface area contributed by atoms with Crippen LogP contribution in [-0.4, -0.2) is 55.1 Å². The first-order valence-corrected chi connectivity index (χ1v) is 11.9. The first-order valence-electron chi connectivity index (χ1n) is 10.5. The topological polar surface area (TPSA) is 153 Å². The zero-order valence-corrected chi connectivity index (χ0v) is 20.6. The van der Waals surface area contributed by atoms with Crippen LogP contribution < -0.4 is 5.73 Å². The van der Waals surface area contributed by atoms with E-state index < -0.39 is 40.2 Å². The van der Waals surface area contributed by atoms with Crippen LogP contribution in [0.15, 0.2) is 70.8 Å². The largest absolute Gasteiger partial charge is 0.464 e. The molecule has 0 aliphatic carbocycles. The van der Waals surface area contributed by atoms with Crippen LogP contribution in [0.4, 0.5) is 0 Å². The number of carbonyl (C=O) groups is 3. The Morgan fingerprint density at radius 3 is 2.11 bits per heavy atom. The molecule has 0 unspecified atom stereocenters. The number of esters is 2. The van der Waals surface area contributed by atoms with Crippen molar-refractivity contribution in [2.24, 2.45) is 5.73 Å². The fourth-order valence-electron chi connectivity index (χ4n) is 3.14. The number of carbonyl (C=O) groups excluding carboxylic acids is 3. The summed E-state index contributed by atoms with van der Waals surface area (Å²) in [4.78, 5) is 37.1. The summed E-state index contributed by atoms with van der Waals surface area (Å²) in [5.41, 5.74) is 8.08. The molecular formula is C24H28N2O8S. The number of hydrogen-bond acceptors (Lipinski definition) is 8. The fourth-order valence-corrected chi connectivity index (χ4v) is 3.62. The quantitative estimate of drug-likeness (QED) is 0.260. The van der Waals surface area contributed by atoms with Gasteiger partial charge in [-0.3, -0.25) is 19.0 Å². The summed E-state index contributed by atoms with van der Waals surface area (Å²) in [6.45, 7) is 5.16. The second kappa shape index (κ2) is 11.7. The highest BCUT2D eigenvalue weighted by molar-refractivity contribution is 7.85. The SMILES string of the molecule is COC(=O)C(=C(C)C)N1C(=O)[C@@H](N)[C@H]1OC(=O)Cc1ccccc1.Cc1ccc(S(=O)(=O)O)cc1. The summed E-state index contributed by atoms with van der Waals surface area (Å²) in [5, 5.41) is 0. The average Bonchev–Trinajstić information content (AvgIpc) is 2.81. The van der Waals surface area contributed by atoms with Crippen LogP contribution in [0.5, 0.6) is 0 Å². The molecule has 1 fully saturated rings. The molecule has 11 heteroatoms. The van der Waals surface area contributed by atoms with Gasteiger partial charge in [0, 0.05) is 0 Å². The third kappa shape index (κ3) is 7.22. The third-order valence-electron chi connectivity index (χ3n) is 4.94. The van der Waals surface area contributed by atoms with E-state index in [0.717, 1.165) is 16.0 Å². The summed E-state index contributed by atoms with van der Waals surface area (Å²) in [6, 6.07) is 14.0. The van der Waals surface area contributed by atoms with E-state index in [1.165, 1.54) is 19.2 Å². The molecule has 0 spiro atoms. The highest BCUT2D eigenvalue weighted by Crippen LogP contribution is 2.28. The average molecular weight is 505 g/mol. The molecule has 2 aromatic rings. The third-order valence-corrected chi connectivity index (χ3v) is 5.81. The second-order valence-corrected chi connectivity index (χ2v) is 9.33. The second-order valence-electron chi connectivity index (χ2n) is 7.91. The van der Waals surface area contributed by atoms with E-state index in [1.54, 1.807) is 38.1 Å². The molecule has 0 radical (unpaired) electrons. The molecule has 1 aliphatic rings. The van der Waals surface area contributed by atoms with Crippen LogP contribution in [0.1, 0.15) is 25.0 Å². The zero-order chi connectivity index (χ0) is 26.3. The first-order chi connectivity index (χ1) is 16.4. The Labute approximate surface area is 204 Å². The van der Waals surface area contributed by atoms with E-state index >= 15 is 0 Å². The number of nitrogens with two attached hydrogens (primary N) is 1. The van der Waals surface area contributed by atoms with Crippen LogP contribution in [0.2, 0.25) is 0 Å². The number of aryl methyl sites for hydroxylation is 1. The van der Waals surface area contributed by atoms with Crippen LogP contribution in [0, 0.1) is 6.92 Å². The Hall–Kier alpha value is -3.54. The van der Waals surface area contributed by atoms with Crippen LogP contribution in [0.3, 0.4) is 0 Å². The molecule has 0 bridgehead atoms. The van der Waals surface area contributed by atoms with E-state index in [9.17, 15) is 22.8 Å². The Morgan fingerprint density at radius 1 is 1.06 bits per heavy atom. The molecule has 3 rings (SSSR count). The molecule has 1 amide bonds. The summed E-state index contributed by atoms with van der Waals surface area (Å²) in [5.74, 6) is -1.70. The Morgan fingerprint density at radius 2 is 1.63 bits per heavy atom. The summed E-state index contributed by atoms with van der Waals surface area (Å²) >= 11 is 0. The standard InChI is InChI=1S/C17H20N2O5.C7H8O3S/c1-10(2)14(17(22)23-3)19-15(21)13(18)16(19)24-12(20)9-11-7-5-4-6-8-11;1-6-2-4-7(5-3-6)11(8,9)10/h4-8,13,16H,9,18H2,1-3H3;2-5H,1H3,(H,8,9,10)/t13-,16-;/m1./s1. The van der Waals surface area contributed by atoms with Gasteiger partial charge < -0.3 is 15.2 Å². The van der Waals surface area contributed by atoms with Crippen LogP contribution >= 0.6 is 0 Å². The maximum absolute atomic E-state index is 12.1. The van der Waals surface area contributed by atoms with Crippen molar-refractivity contribution in [3.05, 3.63) is 77.0 Å². The lowest BCUT2D eigenvalue weighted by molar-refractivity contribution is -0.185. The number of likely N-dealkylation sites (tertiary alicyclic amines) is 1. The molecule has 2 atom stereocenters. The molecule has 1 aliphatic heterocycles. The smallest absolute Gasteiger partial charge is 0.354 e. The lowest BCUT2D eigenvalue weighted by atomic mass is 10.0. The van der Waals surface area contributed by atoms with Gasteiger partial charge in [-0.05, 0) is 44.0 Å². The number of nitrogens with zero attached hydrogens (tertiary/aromatic N) is 1. The van der Waals surface area contributed by atoms with Gasteiger partial charge in [-0.25, -0.2) is 4.79 Å². The van der Waals surface area contributed by atoms with Crippen LogP contribution in [-0.2, 0) is 40.4 Å². The van der Waals surface area contributed by atoms with E-state index in [-0.39, 0.29) is 17.0 Å². The predicted octanol–water partition coefficient (Wildman–Crippen LogP) is 1.98. The van der Waals surface area contributed by atoms with Gasteiger partial charge >= 0.3 is 11.9 Å². The van der Waals surface area contributed by atoms with Crippen molar-refractivity contribution in [1.82, 2.24) is 4.90 Å². The maximum atomic E-state index is 12.1. The molecule has 0 saturated carbocycles. The van der Waals surface area contributed by atoms with Gasteiger partial charge in [0.05, 0.1) is 18.4 Å². The number of ether oxygens (including phenoxy) is 2. The van der Waals surface area contributed by atoms with Crippen LogP contribution in [0.25, 0.3) is 0 Å². The Balaban J connectivity index is 0.000000328. The highest BCUT2D eigenvalue weighted by atomic mass is 32.2. The number of hydrogen-bond donors (Lipinski definition) is 2. The monoisotopic (exact) mass is 504 g/mol. The number of β-lactam (4-membered cyclic amide) rings is 1. The Kier molecular flexibility index (Phi) is 9.29. The molecule has 0 aromatic heterocycles. The van der Waals surface area contributed by atoms with Gasteiger partial charge in [-0.1, -0.05) is 48.0 Å². The van der Waals surface area contributed by atoms with Crippen molar-refractivity contribution >= 4 is 28.0 Å². The predicted molar refractivity (Wildman–Crippen MR) is 126 cm³/mol. The van der Waals surface area contributed by atoms with E-state index in [0.29, 0.717) is 5.57 Å². The fraction of sp³-hybridized carbons (Fsp3) is 0.292.